The van der Waals surface area contributed by atoms with Gasteiger partial charge in [0.25, 0.3) is 11.7 Å². The minimum absolute atomic E-state index is 0.00387. The van der Waals surface area contributed by atoms with Crippen LogP contribution in [0.2, 0.25) is 0 Å². The lowest BCUT2D eigenvalue weighted by atomic mass is 9.53. The van der Waals surface area contributed by atoms with Gasteiger partial charge in [0.2, 0.25) is 5.69 Å². The number of aromatic amines is 2. The van der Waals surface area contributed by atoms with Crippen molar-refractivity contribution in [2.75, 3.05) is 0 Å². The molecule has 4 saturated carbocycles. The fraction of sp³-hybridized carbons (Fsp3) is 0.387. The Balaban J connectivity index is 0.000000252. The fourth-order valence-corrected chi connectivity index (χ4v) is 7.38. The first-order valence-electron chi connectivity index (χ1n) is 14.4. The summed E-state index contributed by atoms with van der Waals surface area (Å²) in [7, 11) is 0. The number of aromatic nitrogens is 3. The normalized spacial score (nSPS) is 23.2. The van der Waals surface area contributed by atoms with Crippen molar-refractivity contribution in [3.63, 3.8) is 0 Å². The summed E-state index contributed by atoms with van der Waals surface area (Å²) in [5.74, 6) is -2.65. The molecule has 3 aromatic heterocycles. The molecule has 0 saturated heterocycles. The number of halogens is 6. The minimum atomic E-state index is -5.19. The molecule has 3 heterocycles. The lowest BCUT2D eigenvalue weighted by Crippen LogP contribution is -2.59. The number of amides is 1. The second-order valence-corrected chi connectivity index (χ2v) is 12.0. The second-order valence-electron chi connectivity index (χ2n) is 12.0. The van der Waals surface area contributed by atoms with E-state index >= 15 is 0 Å². The van der Waals surface area contributed by atoms with E-state index in [1.165, 1.54) is 19.3 Å². The van der Waals surface area contributed by atoms with Crippen molar-refractivity contribution in [1.82, 2.24) is 10.3 Å². The number of nitrogens with zero attached hydrogens (tertiary/aromatic N) is 1. The lowest BCUT2D eigenvalue weighted by molar-refractivity contribution is -0.498. The molecule has 3 N–H and O–H groups in total. The highest BCUT2D eigenvalue weighted by molar-refractivity contribution is 6.00. The summed E-state index contributed by atoms with van der Waals surface area (Å²) in [6.07, 6.45) is 3.24. The number of rotatable bonds is 3. The smallest absolute Gasteiger partial charge is 0.430 e. The number of pyridine rings is 2. The van der Waals surface area contributed by atoms with E-state index in [1.54, 1.807) is 0 Å². The van der Waals surface area contributed by atoms with E-state index in [0.717, 1.165) is 64.7 Å². The highest BCUT2D eigenvalue weighted by Gasteiger charge is 2.52. The van der Waals surface area contributed by atoms with Gasteiger partial charge in [0.1, 0.15) is 17.5 Å². The number of H-pyrrole nitrogens is 2. The standard InChI is InChI=1S/C27H26N4O.2C2HF3O2/c32-26(30-27-12-17-9-18(13-27)11-19(10-17)14-27)24-23-7-3-4-8-31(23)25(29-24)22-16-28-15-20-5-1-2-6-21(20)22;2*3-2(4,5)1(6)7/h1-8,15-19H,9-14H2,(H,30,32);2*(H,6,7). The molecule has 244 valence electrons. The van der Waals surface area contributed by atoms with Gasteiger partial charge in [0, 0.05) is 16.3 Å². The maximum atomic E-state index is 13.7. The van der Waals surface area contributed by atoms with Crippen LogP contribution >= 0.6 is 0 Å². The van der Waals surface area contributed by atoms with Crippen molar-refractivity contribution >= 4 is 34.1 Å². The summed E-state index contributed by atoms with van der Waals surface area (Å²) < 4.78 is 65.2. The van der Waals surface area contributed by atoms with Crippen molar-refractivity contribution < 1.29 is 60.3 Å². The average Bonchev–Trinajstić information content (AvgIpc) is 3.35. The highest BCUT2D eigenvalue weighted by Crippen LogP contribution is 2.55. The summed E-state index contributed by atoms with van der Waals surface area (Å²) in [5.41, 5.74) is 2.62. The SMILES string of the molecule is O=C(NC12CC3CC(CC(C3)C1)C2)c1[nH]c(-c2c[nH+]cc3ccccc23)[n+]2ccccc12.O=C([O-])C(F)(F)F.O=C([O-])C(F)(F)F. The first-order valence-corrected chi connectivity index (χ1v) is 14.4. The van der Waals surface area contributed by atoms with Crippen LogP contribution in [0.1, 0.15) is 49.0 Å². The van der Waals surface area contributed by atoms with E-state index < -0.39 is 24.3 Å². The number of hydrogen-bond donors (Lipinski definition) is 2. The molecule has 9 nitrogen and oxygen atoms in total. The van der Waals surface area contributed by atoms with Gasteiger partial charge in [0.15, 0.2) is 17.9 Å². The van der Waals surface area contributed by atoms with Crippen LogP contribution < -0.4 is 24.9 Å². The predicted octanol–water partition coefficient (Wildman–Crippen LogP) is 2.68. The lowest BCUT2D eigenvalue weighted by Gasteiger charge is -2.56. The Labute approximate surface area is 257 Å². The number of carboxylic acid groups (broad SMARTS) is 2. The number of carboxylic acids is 2. The second kappa shape index (κ2) is 12.2. The van der Waals surface area contributed by atoms with Crippen molar-refractivity contribution in [1.29, 1.82) is 0 Å². The van der Waals surface area contributed by atoms with Gasteiger partial charge in [-0.2, -0.15) is 30.7 Å². The van der Waals surface area contributed by atoms with Crippen LogP contribution in [0.3, 0.4) is 0 Å². The quantitative estimate of drug-likeness (QED) is 0.259. The van der Waals surface area contributed by atoms with Gasteiger partial charge < -0.3 is 25.1 Å². The number of carbonyl (C=O) groups is 3. The molecule has 46 heavy (non-hydrogen) atoms. The van der Waals surface area contributed by atoms with Gasteiger partial charge in [-0.1, -0.05) is 24.3 Å². The molecule has 4 aliphatic rings. The Morgan fingerprint density at radius 3 is 1.89 bits per heavy atom. The first kappa shape index (κ1) is 32.7. The van der Waals surface area contributed by atoms with Crippen molar-refractivity contribution in [3.05, 3.63) is 66.7 Å². The third-order valence-corrected chi connectivity index (χ3v) is 8.68. The van der Waals surface area contributed by atoms with Crippen LogP contribution in [-0.2, 0) is 9.59 Å². The number of benzene rings is 1. The zero-order chi connectivity index (χ0) is 33.4. The number of carbonyl (C=O) groups excluding carboxylic acids is 3. The maximum Gasteiger partial charge on any atom is 0.430 e. The zero-order valence-corrected chi connectivity index (χ0v) is 24.0. The molecule has 4 fully saturated rings. The van der Waals surface area contributed by atoms with Crippen LogP contribution in [-0.4, -0.2) is 40.7 Å². The van der Waals surface area contributed by atoms with E-state index in [0.29, 0.717) is 5.69 Å². The maximum absolute atomic E-state index is 13.7. The summed E-state index contributed by atoms with van der Waals surface area (Å²) in [4.78, 5) is 38.0. The number of nitrogens with one attached hydrogen (secondary N) is 3. The Morgan fingerprint density at radius 1 is 0.826 bits per heavy atom. The van der Waals surface area contributed by atoms with Crippen LogP contribution in [0.5, 0.6) is 0 Å². The largest absolute Gasteiger partial charge is 0.542 e. The van der Waals surface area contributed by atoms with E-state index in [9.17, 15) is 31.1 Å². The van der Waals surface area contributed by atoms with E-state index in [2.05, 4.69) is 37.9 Å². The molecule has 0 unspecified atom stereocenters. The van der Waals surface area contributed by atoms with Gasteiger partial charge in [-0.3, -0.25) is 4.79 Å². The number of hydrogen-bond acceptors (Lipinski definition) is 5. The van der Waals surface area contributed by atoms with E-state index in [4.69, 9.17) is 19.8 Å². The van der Waals surface area contributed by atoms with E-state index in [-0.39, 0.29) is 11.4 Å². The van der Waals surface area contributed by atoms with E-state index in [1.807, 2.05) is 42.9 Å². The third kappa shape index (κ3) is 6.92. The molecule has 15 heteroatoms. The highest BCUT2D eigenvalue weighted by atomic mass is 19.4. The van der Waals surface area contributed by atoms with Gasteiger partial charge in [0.05, 0.1) is 6.20 Å². The van der Waals surface area contributed by atoms with Crippen LogP contribution in [0, 0.1) is 17.8 Å². The monoisotopic (exact) mass is 650 g/mol. The molecule has 0 aliphatic heterocycles. The van der Waals surface area contributed by atoms with Crippen molar-refractivity contribution in [2.24, 2.45) is 17.8 Å². The Morgan fingerprint density at radius 2 is 1.35 bits per heavy atom. The Bertz CT molecular complexity index is 1720. The molecule has 4 aromatic rings. The Kier molecular flexibility index (Phi) is 8.71. The molecule has 0 spiro atoms. The van der Waals surface area contributed by atoms with Crippen molar-refractivity contribution in [3.8, 4) is 11.4 Å². The summed E-state index contributed by atoms with van der Waals surface area (Å²) in [5, 5.41) is 23.4. The molecule has 4 bridgehead atoms. The van der Waals surface area contributed by atoms with Gasteiger partial charge in [-0.25, -0.2) is 9.97 Å². The molecular formula is C31H28F6N4O5. The molecule has 0 atom stereocenters. The van der Waals surface area contributed by atoms with Crippen LogP contribution in [0.4, 0.5) is 26.3 Å². The minimum Gasteiger partial charge on any atom is -0.542 e. The first-order chi connectivity index (χ1) is 21.6. The van der Waals surface area contributed by atoms with Gasteiger partial charge >= 0.3 is 12.4 Å². The summed E-state index contributed by atoms with van der Waals surface area (Å²) in [6.45, 7) is 0. The fourth-order valence-electron chi connectivity index (χ4n) is 7.38. The molecular weight excluding hydrogens is 622 g/mol. The number of imidazole rings is 1. The predicted molar refractivity (Wildman–Crippen MR) is 144 cm³/mol. The molecule has 1 amide bonds. The molecule has 8 rings (SSSR count). The molecule has 4 aliphatic carbocycles. The van der Waals surface area contributed by atoms with Gasteiger partial charge in [-0.15, -0.1) is 0 Å². The molecule has 1 aromatic carbocycles. The number of aliphatic carboxylic acids is 2. The number of fused-ring (bicyclic) bond motifs is 2. The number of alkyl halides is 6. The zero-order valence-electron chi connectivity index (χ0n) is 24.0. The van der Waals surface area contributed by atoms with Crippen molar-refractivity contribution in [2.45, 2.75) is 56.4 Å². The topological polar surface area (TPSA) is 143 Å². The van der Waals surface area contributed by atoms with Crippen LogP contribution in [0.15, 0.2) is 61.1 Å². The Hall–Kier alpha value is -4.69. The summed E-state index contributed by atoms with van der Waals surface area (Å²) >= 11 is 0. The average molecular weight is 651 g/mol. The van der Waals surface area contributed by atoms with Gasteiger partial charge in [-0.05, 0) is 74.5 Å². The summed E-state index contributed by atoms with van der Waals surface area (Å²) in [6, 6.07) is 14.4. The third-order valence-electron chi connectivity index (χ3n) is 8.68. The molecule has 0 radical (unpaired) electrons. The van der Waals surface area contributed by atoms with Crippen LogP contribution in [0.25, 0.3) is 27.7 Å².